The molecule has 6 heteroatoms. The SMILES string of the molecule is CCCCCCCCS(=O)(=O)N/N=C(\CCCC)c1cc(C)ccc1O. The first-order valence-electron chi connectivity index (χ1n) is 9.75. The van der Waals surface area contributed by atoms with E-state index in [4.69, 9.17) is 0 Å². The van der Waals surface area contributed by atoms with Gasteiger partial charge in [0.1, 0.15) is 5.75 Å². The maximum absolute atomic E-state index is 12.2. The summed E-state index contributed by atoms with van der Waals surface area (Å²) in [4.78, 5) is 2.36. The lowest BCUT2D eigenvalue weighted by Gasteiger charge is -2.11. The van der Waals surface area contributed by atoms with E-state index in [9.17, 15) is 13.5 Å². The van der Waals surface area contributed by atoms with Gasteiger partial charge < -0.3 is 5.11 Å². The van der Waals surface area contributed by atoms with Crippen molar-refractivity contribution in [1.82, 2.24) is 4.83 Å². The van der Waals surface area contributed by atoms with Gasteiger partial charge in [0.05, 0.1) is 11.5 Å². The van der Waals surface area contributed by atoms with Gasteiger partial charge in [0.15, 0.2) is 0 Å². The Labute approximate surface area is 159 Å². The van der Waals surface area contributed by atoms with E-state index in [1.807, 2.05) is 19.1 Å². The molecule has 0 amide bonds. The first-order valence-corrected chi connectivity index (χ1v) is 11.4. The molecule has 0 heterocycles. The number of nitrogens with one attached hydrogen (secondary N) is 1. The molecule has 1 aromatic carbocycles. The van der Waals surface area contributed by atoms with Gasteiger partial charge in [-0.25, -0.2) is 13.2 Å². The molecular formula is C20H34N2O3S. The molecule has 0 spiro atoms. The second-order valence-corrected chi connectivity index (χ2v) is 8.68. The molecule has 148 valence electrons. The molecular weight excluding hydrogens is 348 g/mol. The number of unbranched alkanes of at least 4 members (excludes halogenated alkanes) is 6. The largest absolute Gasteiger partial charge is 0.507 e. The summed E-state index contributed by atoms with van der Waals surface area (Å²) in [5.41, 5.74) is 2.18. The van der Waals surface area contributed by atoms with Crippen LogP contribution in [0.3, 0.4) is 0 Å². The van der Waals surface area contributed by atoms with Crippen molar-refractivity contribution in [3.05, 3.63) is 29.3 Å². The minimum atomic E-state index is -3.44. The van der Waals surface area contributed by atoms with Crippen LogP contribution in [-0.2, 0) is 10.0 Å². The molecule has 0 atom stereocenters. The van der Waals surface area contributed by atoms with E-state index in [-0.39, 0.29) is 11.5 Å². The zero-order valence-electron chi connectivity index (χ0n) is 16.4. The Balaban J connectivity index is 2.72. The van der Waals surface area contributed by atoms with Crippen molar-refractivity contribution in [3.8, 4) is 5.75 Å². The number of rotatable bonds is 13. The van der Waals surface area contributed by atoms with Crippen molar-refractivity contribution in [2.45, 2.75) is 78.6 Å². The average molecular weight is 383 g/mol. The highest BCUT2D eigenvalue weighted by atomic mass is 32.2. The monoisotopic (exact) mass is 382 g/mol. The van der Waals surface area contributed by atoms with Gasteiger partial charge in [-0.2, -0.15) is 5.10 Å². The first kappa shape index (κ1) is 22.5. The zero-order chi connectivity index (χ0) is 19.4. The van der Waals surface area contributed by atoms with Gasteiger partial charge in [0.2, 0.25) is 10.0 Å². The van der Waals surface area contributed by atoms with Crippen LogP contribution in [0.15, 0.2) is 23.3 Å². The molecule has 0 fully saturated rings. The van der Waals surface area contributed by atoms with Crippen LogP contribution >= 0.6 is 0 Å². The third-order valence-electron chi connectivity index (χ3n) is 4.32. The Morgan fingerprint density at radius 2 is 1.69 bits per heavy atom. The van der Waals surface area contributed by atoms with Crippen molar-refractivity contribution in [3.63, 3.8) is 0 Å². The molecule has 5 nitrogen and oxygen atoms in total. The number of hydrogen-bond acceptors (Lipinski definition) is 4. The van der Waals surface area contributed by atoms with Crippen molar-refractivity contribution in [2.24, 2.45) is 5.10 Å². The second kappa shape index (κ2) is 11.9. The number of hydrogen-bond donors (Lipinski definition) is 2. The maximum atomic E-state index is 12.2. The number of aryl methyl sites for hydroxylation is 1. The summed E-state index contributed by atoms with van der Waals surface area (Å²) in [7, 11) is -3.44. The molecule has 0 aromatic heterocycles. The number of aromatic hydroxyl groups is 1. The van der Waals surface area contributed by atoms with Crippen LogP contribution in [0.4, 0.5) is 0 Å². The molecule has 0 bridgehead atoms. The second-order valence-electron chi connectivity index (χ2n) is 6.86. The molecule has 26 heavy (non-hydrogen) atoms. The van der Waals surface area contributed by atoms with E-state index in [0.717, 1.165) is 37.7 Å². The molecule has 0 saturated heterocycles. The van der Waals surface area contributed by atoms with Gasteiger partial charge in [-0.1, -0.05) is 64.0 Å². The maximum Gasteiger partial charge on any atom is 0.247 e. The third kappa shape index (κ3) is 8.70. The lowest BCUT2D eigenvalue weighted by Crippen LogP contribution is -2.23. The molecule has 0 unspecified atom stereocenters. The Kier molecular flexibility index (Phi) is 10.3. The van der Waals surface area contributed by atoms with E-state index >= 15 is 0 Å². The van der Waals surface area contributed by atoms with Gasteiger partial charge >= 0.3 is 0 Å². The standard InChI is InChI=1S/C20H34N2O3S/c1-4-6-8-9-10-11-15-26(24,25)22-21-19(12-7-5-2)18-16-17(3)13-14-20(18)23/h13-14,16,22-23H,4-12,15H2,1-3H3/b21-19+. The molecule has 0 saturated carbocycles. The number of phenols is 1. The van der Waals surface area contributed by atoms with Gasteiger partial charge in [-0.15, -0.1) is 0 Å². The molecule has 1 rings (SSSR count). The van der Waals surface area contributed by atoms with Gasteiger partial charge in [-0.05, 0) is 38.3 Å². The van der Waals surface area contributed by atoms with Crippen LogP contribution in [0.25, 0.3) is 0 Å². The summed E-state index contributed by atoms with van der Waals surface area (Å²) in [6, 6.07) is 5.28. The zero-order valence-corrected chi connectivity index (χ0v) is 17.2. The molecule has 2 N–H and O–H groups in total. The molecule has 0 aliphatic heterocycles. The highest BCUT2D eigenvalue weighted by Crippen LogP contribution is 2.21. The molecule has 0 aliphatic rings. The Hall–Kier alpha value is -1.56. The van der Waals surface area contributed by atoms with Crippen LogP contribution in [0, 0.1) is 6.92 Å². The van der Waals surface area contributed by atoms with E-state index in [1.54, 1.807) is 6.07 Å². The van der Waals surface area contributed by atoms with Crippen molar-refractivity contribution in [1.29, 1.82) is 0 Å². The lowest BCUT2D eigenvalue weighted by atomic mass is 10.0. The number of nitrogens with zero attached hydrogens (tertiary/aromatic N) is 1. The van der Waals surface area contributed by atoms with Crippen LogP contribution in [0.2, 0.25) is 0 Å². The fraction of sp³-hybridized carbons (Fsp3) is 0.650. The van der Waals surface area contributed by atoms with Gasteiger partial charge in [0, 0.05) is 5.56 Å². The van der Waals surface area contributed by atoms with Crippen molar-refractivity contribution < 1.29 is 13.5 Å². The molecule has 0 aliphatic carbocycles. The molecule has 0 radical (unpaired) electrons. The number of hydrazone groups is 1. The Morgan fingerprint density at radius 3 is 2.38 bits per heavy atom. The smallest absolute Gasteiger partial charge is 0.247 e. The highest BCUT2D eigenvalue weighted by molar-refractivity contribution is 7.89. The Bertz CT molecular complexity index is 670. The fourth-order valence-corrected chi connectivity index (χ4v) is 3.64. The summed E-state index contributed by atoms with van der Waals surface area (Å²) in [6.45, 7) is 6.16. The van der Waals surface area contributed by atoms with Crippen LogP contribution in [0.5, 0.6) is 5.75 Å². The minimum Gasteiger partial charge on any atom is -0.507 e. The fourth-order valence-electron chi connectivity index (χ4n) is 2.72. The minimum absolute atomic E-state index is 0.0868. The topological polar surface area (TPSA) is 78.8 Å². The normalized spacial score (nSPS) is 12.3. The Morgan fingerprint density at radius 1 is 1.04 bits per heavy atom. The first-order chi connectivity index (χ1) is 12.4. The van der Waals surface area contributed by atoms with Gasteiger partial charge in [-0.3, -0.25) is 0 Å². The summed E-state index contributed by atoms with van der Waals surface area (Å²) in [5.74, 6) is 0.212. The number of phenolic OH excluding ortho intramolecular Hbond substituents is 1. The summed E-state index contributed by atoms with van der Waals surface area (Å²) < 4.78 is 24.4. The van der Waals surface area contributed by atoms with E-state index in [2.05, 4.69) is 23.8 Å². The quantitative estimate of drug-likeness (QED) is 0.290. The third-order valence-corrected chi connectivity index (χ3v) is 5.51. The highest BCUT2D eigenvalue weighted by Gasteiger charge is 2.13. The van der Waals surface area contributed by atoms with Crippen molar-refractivity contribution in [2.75, 3.05) is 5.75 Å². The molecule has 1 aromatic rings. The van der Waals surface area contributed by atoms with Crippen LogP contribution in [-0.4, -0.2) is 25.0 Å². The number of sulfonamides is 1. The van der Waals surface area contributed by atoms with E-state index in [0.29, 0.717) is 24.1 Å². The summed E-state index contributed by atoms with van der Waals surface area (Å²) in [6.07, 6.45) is 8.66. The lowest BCUT2D eigenvalue weighted by molar-refractivity contribution is 0.473. The van der Waals surface area contributed by atoms with Crippen LogP contribution < -0.4 is 4.83 Å². The summed E-state index contributed by atoms with van der Waals surface area (Å²) >= 11 is 0. The average Bonchev–Trinajstić information content (AvgIpc) is 2.60. The van der Waals surface area contributed by atoms with Crippen molar-refractivity contribution >= 4 is 15.7 Å². The van der Waals surface area contributed by atoms with E-state index in [1.165, 1.54) is 12.8 Å². The van der Waals surface area contributed by atoms with Gasteiger partial charge in [0.25, 0.3) is 0 Å². The predicted molar refractivity (Wildman–Crippen MR) is 109 cm³/mol. The van der Waals surface area contributed by atoms with E-state index < -0.39 is 10.0 Å². The predicted octanol–water partition coefficient (Wildman–Crippen LogP) is 4.87. The summed E-state index contributed by atoms with van der Waals surface area (Å²) in [5, 5.41) is 14.3. The number of benzene rings is 1. The van der Waals surface area contributed by atoms with Crippen LogP contribution in [0.1, 0.15) is 82.8 Å².